The van der Waals surface area contributed by atoms with Gasteiger partial charge in [-0.2, -0.15) is 5.10 Å². The summed E-state index contributed by atoms with van der Waals surface area (Å²) in [5, 5.41) is 10.4. The van der Waals surface area contributed by atoms with E-state index in [0.29, 0.717) is 47.0 Å². The first-order chi connectivity index (χ1) is 17.1. The van der Waals surface area contributed by atoms with Crippen LogP contribution in [0.25, 0.3) is 22.5 Å². The van der Waals surface area contributed by atoms with E-state index in [2.05, 4.69) is 32.3 Å². The Kier molecular flexibility index (Phi) is 7.35. The topological polar surface area (TPSA) is 122 Å². The molecule has 0 atom stereocenters. The standard InChI is InChI=1S/C26H27N5O4/c1-4-5-12-17-21(22-18(34-2)13-9-14-19(22)35-3)24(31-33)23(26(32)27-17)25-28-20(29-30-25)15-16-10-7-6-8-11-16/h6-11,13-14H,4-5,12,15H2,1-3H3,(H,27,32)(H,28,29,30). The lowest BCUT2D eigenvalue weighted by atomic mass is 9.95. The average Bonchev–Trinajstić information content (AvgIpc) is 3.34. The summed E-state index contributed by atoms with van der Waals surface area (Å²) in [5.74, 6) is 1.65. The molecule has 0 radical (unpaired) electrons. The van der Waals surface area contributed by atoms with Crippen LogP contribution in [0, 0.1) is 4.91 Å². The highest BCUT2D eigenvalue weighted by atomic mass is 16.5. The molecule has 0 saturated heterocycles. The van der Waals surface area contributed by atoms with Gasteiger partial charge in [-0.1, -0.05) is 49.7 Å². The molecule has 9 heteroatoms. The number of nitroso groups, excluding NO2 is 1. The average molecular weight is 474 g/mol. The third-order valence-corrected chi connectivity index (χ3v) is 5.79. The molecule has 0 aliphatic carbocycles. The van der Waals surface area contributed by atoms with Gasteiger partial charge in [0.05, 0.1) is 19.8 Å². The van der Waals surface area contributed by atoms with Gasteiger partial charge in [0.2, 0.25) is 0 Å². The molecule has 0 amide bonds. The first kappa shape index (κ1) is 23.9. The van der Waals surface area contributed by atoms with Crippen molar-refractivity contribution in [3.8, 4) is 34.0 Å². The minimum atomic E-state index is -0.478. The maximum atomic E-state index is 13.2. The van der Waals surface area contributed by atoms with Gasteiger partial charge in [0.25, 0.3) is 5.56 Å². The zero-order valence-electron chi connectivity index (χ0n) is 19.9. The molecule has 0 unspecified atom stereocenters. The molecule has 2 aromatic carbocycles. The molecule has 9 nitrogen and oxygen atoms in total. The Labute approximate surface area is 202 Å². The lowest BCUT2D eigenvalue weighted by molar-refractivity contribution is 0.397. The predicted octanol–water partition coefficient (Wildman–Crippen LogP) is 5.18. The monoisotopic (exact) mass is 473 g/mol. The number of rotatable bonds is 10. The Morgan fingerprint density at radius 1 is 0.943 bits per heavy atom. The summed E-state index contributed by atoms with van der Waals surface area (Å²) in [5.41, 5.74) is 2.08. The molecule has 0 aliphatic rings. The Hall–Kier alpha value is -4.27. The van der Waals surface area contributed by atoms with Crippen molar-refractivity contribution >= 4 is 5.69 Å². The van der Waals surface area contributed by atoms with E-state index < -0.39 is 5.56 Å². The summed E-state index contributed by atoms with van der Waals surface area (Å²) in [6, 6.07) is 15.1. The Bertz CT molecular complexity index is 1360. The van der Waals surface area contributed by atoms with Crippen molar-refractivity contribution in [3.05, 3.63) is 80.9 Å². The molecule has 35 heavy (non-hydrogen) atoms. The molecule has 2 N–H and O–H groups in total. The number of ether oxygens (including phenoxy) is 2. The number of nitrogens with zero attached hydrogens (tertiary/aromatic N) is 3. The highest BCUT2D eigenvalue weighted by Gasteiger charge is 2.27. The van der Waals surface area contributed by atoms with Crippen molar-refractivity contribution in [2.45, 2.75) is 32.6 Å². The highest BCUT2D eigenvalue weighted by Crippen LogP contribution is 2.46. The molecule has 0 saturated carbocycles. The number of pyridine rings is 1. The molecule has 4 aromatic rings. The summed E-state index contributed by atoms with van der Waals surface area (Å²) in [6.07, 6.45) is 2.75. The maximum absolute atomic E-state index is 13.2. The van der Waals surface area contributed by atoms with E-state index >= 15 is 0 Å². The summed E-state index contributed by atoms with van der Waals surface area (Å²) >= 11 is 0. The Morgan fingerprint density at radius 3 is 2.29 bits per heavy atom. The number of hydrogen-bond donors (Lipinski definition) is 2. The van der Waals surface area contributed by atoms with Crippen molar-refractivity contribution in [1.29, 1.82) is 0 Å². The van der Waals surface area contributed by atoms with Crippen molar-refractivity contribution in [2.24, 2.45) is 5.18 Å². The van der Waals surface area contributed by atoms with E-state index in [4.69, 9.17) is 9.47 Å². The van der Waals surface area contributed by atoms with E-state index in [1.807, 2.05) is 30.3 Å². The lowest BCUT2D eigenvalue weighted by Crippen LogP contribution is -2.15. The fourth-order valence-electron chi connectivity index (χ4n) is 4.12. The first-order valence-electron chi connectivity index (χ1n) is 11.4. The molecular weight excluding hydrogens is 446 g/mol. The number of unbranched alkanes of at least 4 members (excludes halogenated alkanes) is 1. The van der Waals surface area contributed by atoms with Crippen LogP contribution in [0.2, 0.25) is 0 Å². The van der Waals surface area contributed by atoms with Gasteiger partial charge in [0.15, 0.2) is 5.82 Å². The number of nitrogens with one attached hydrogen (secondary N) is 2. The second-order valence-corrected chi connectivity index (χ2v) is 8.03. The normalized spacial score (nSPS) is 10.8. The van der Waals surface area contributed by atoms with Gasteiger partial charge in [-0.3, -0.25) is 9.89 Å². The van der Waals surface area contributed by atoms with Crippen molar-refractivity contribution in [2.75, 3.05) is 14.2 Å². The third kappa shape index (κ3) is 4.84. The van der Waals surface area contributed by atoms with Crippen LogP contribution < -0.4 is 15.0 Å². The number of hydrogen-bond acceptors (Lipinski definition) is 7. The third-order valence-electron chi connectivity index (χ3n) is 5.79. The van der Waals surface area contributed by atoms with Crippen LogP contribution >= 0.6 is 0 Å². The molecule has 180 valence electrons. The van der Waals surface area contributed by atoms with Gasteiger partial charge >= 0.3 is 0 Å². The number of benzene rings is 2. The summed E-state index contributed by atoms with van der Waals surface area (Å²) < 4.78 is 11.2. The van der Waals surface area contributed by atoms with E-state index in [-0.39, 0.29) is 17.1 Å². The number of aromatic nitrogens is 4. The van der Waals surface area contributed by atoms with Crippen LogP contribution in [-0.2, 0) is 12.8 Å². The molecule has 0 spiro atoms. The van der Waals surface area contributed by atoms with Gasteiger partial charge in [-0.25, -0.2) is 4.98 Å². The van der Waals surface area contributed by atoms with Gasteiger partial charge in [-0.05, 0) is 35.7 Å². The maximum Gasteiger partial charge on any atom is 0.261 e. The van der Waals surface area contributed by atoms with Crippen LogP contribution in [0.15, 0.2) is 58.5 Å². The van der Waals surface area contributed by atoms with Gasteiger partial charge in [0, 0.05) is 17.7 Å². The van der Waals surface area contributed by atoms with E-state index in [1.54, 1.807) is 18.2 Å². The summed E-state index contributed by atoms with van der Waals surface area (Å²) in [7, 11) is 3.07. The molecule has 0 aliphatic heterocycles. The molecule has 0 bridgehead atoms. The molecule has 4 rings (SSSR count). The van der Waals surface area contributed by atoms with Crippen LogP contribution in [0.3, 0.4) is 0 Å². The number of methoxy groups -OCH3 is 2. The van der Waals surface area contributed by atoms with Crippen LogP contribution in [0.1, 0.15) is 36.8 Å². The summed E-state index contributed by atoms with van der Waals surface area (Å²) in [4.78, 5) is 33.0. The minimum absolute atomic E-state index is 0.00114. The van der Waals surface area contributed by atoms with Crippen molar-refractivity contribution in [3.63, 3.8) is 0 Å². The van der Waals surface area contributed by atoms with Crippen molar-refractivity contribution < 1.29 is 9.47 Å². The number of aromatic amines is 2. The Balaban J connectivity index is 1.93. The smallest absolute Gasteiger partial charge is 0.261 e. The second-order valence-electron chi connectivity index (χ2n) is 8.03. The predicted molar refractivity (Wildman–Crippen MR) is 134 cm³/mol. The SMILES string of the molecule is CCCCc1[nH]c(=O)c(-c2n[nH]c(Cc3ccccc3)n2)c(N=O)c1-c1c(OC)cccc1OC. The first-order valence-corrected chi connectivity index (χ1v) is 11.4. The summed E-state index contributed by atoms with van der Waals surface area (Å²) in [6.45, 7) is 2.05. The van der Waals surface area contributed by atoms with E-state index in [9.17, 15) is 9.70 Å². The fourth-order valence-corrected chi connectivity index (χ4v) is 4.12. The number of H-pyrrole nitrogens is 2. The molecule has 0 fully saturated rings. The van der Waals surface area contributed by atoms with Gasteiger partial charge in [0.1, 0.15) is 28.6 Å². The lowest BCUT2D eigenvalue weighted by Gasteiger charge is -2.18. The van der Waals surface area contributed by atoms with E-state index in [0.717, 1.165) is 18.4 Å². The Morgan fingerprint density at radius 2 is 1.66 bits per heavy atom. The molecule has 2 aromatic heterocycles. The second kappa shape index (κ2) is 10.8. The van der Waals surface area contributed by atoms with E-state index in [1.165, 1.54) is 14.2 Å². The zero-order chi connectivity index (χ0) is 24.8. The van der Waals surface area contributed by atoms with Crippen LogP contribution in [0.5, 0.6) is 11.5 Å². The van der Waals surface area contributed by atoms with Gasteiger partial charge < -0.3 is 14.5 Å². The highest BCUT2D eigenvalue weighted by molar-refractivity contribution is 5.92. The van der Waals surface area contributed by atoms with Crippen molar-refractivity contribution in [1.82, 2.24) is 20.2 Å². The minimum Gasteiger partial charge on any atom is -0.496 e. The largest absolute Gasteiger partial charge is 0.496 e. The zero-order valence-corrected chi connectivity index (χ0v) is 19.9. The van der Waals surface area contributed by atoms with Crippen LogP contribution in [-0.4, -0.2) is 34.4 Å². The molecular formula is C26H27N5O4. The quantitative estimate of drug-likeness (QED) is 0.306. The van der Waals surface area contributed by atoms with Gasteiger partial charge in [-0.15, -0.1) is 4.91 Å². The fraction of sp³-hybridized carbons (Fsp3) is 0.269. The molecule has 2 heterocycles. The van der Waals surface area contributed by atoms with Crippen LogP contribution in [0.4, 0.5) is 5.69 Å². The number of aryl methyl sites for hydroxylation is 1.